The number of furan rings is 1. The lowest BCUT2D eigenvalue weighted by atomic mass is 9.75. The van der Waals surface area contributed by atoms with Gasteiger partial charge in [0.1, 0.15) is 11.3 Å². The maximum atomic E-state index is 13.0. The molecule has 1 aliphatic rings. The molecule has 0 saturated heterocycles. The maximum Gasteiger partial charge on any atom is 0.167 e. The molecule has 126 valence electrons. The van der Waals surface area contributed by atoms with Crippen LogP contribution in [0.15, 0.2) is 52.9 Å². The summed E-state index contributed by atoms with van der Waals surface area (Å²) < 4.78 is 6.39. The fourth-order valence-electron chi connectivity index (χ4n) is 4.92. The minimum Gasteiger partial charge on any atom is -0.460 e. The van der Waals surface area contributed by atoms with Gasteiger partial charge in [0.25, 0.3) is 0 Å². The highest BCUT2D eigenvalue weighted by molar-refractivity contribution is 6.35. The van der Waals surface area contributed by atoms with Crippen molar-refractivity contribution >= 4 is 49.1 Å². The van der Waals surface area contributed by atoms with E-state index in [-0.39, 0.29) is 11.2 Å². The van der Waals surface area contributed by atoms with E-state index in [0.29, 0.717) is 6.42 Å². The highest BCUT2D eigenvalue weighted by atomic mass is 16.3. The Labute approximate surface area is 150 Å². The van der Waals surface area contributed by atoms with E-state index < -0.39 is 0 Å². The van der Waals surface area contributed by atoms with Crippen molar-refractivity contribution in [3.63, 3.8) is 0 Å². The topological polar surface area (TPSA) is 30.2 Å². The quantitative estimate of drug-likeness (QED) is 0.302. The van der Waals surface area contributed by atoms with Crippen molar-refractivity contribution in [2.75, 3.05) is 0 Å². The van der Waals surface area contributed by atoms with E-state index in [2.05, 4.69) is 62.4 Å². The van der Waals surface area contributed by atoms with Gasteiger partial charge in [-0.2, -0.15) is 0 Å². The monoisotopic (exact) mass is 338 g/mol. The summed E-state index contributed by atoms with van der Waals surface area (Å²) in [6.45, 7) is 4.29. The minimum atomic E-state index is -0.0462. The van der Waals surface area contributed by atoms with E-state index in [1.54, 1.807) is 0 Å². The fraction of sp³-hybridized carbons (Fsp3) is 0.208. The van der Waals surface area contributed by atoms with Crippen molar-refractivity contribution in [3.05, 3.63) is 59.9 Å². The summed E-state index contributed by atoms with van der Waals surface area (Å²) in [5.74, 6) is 1.07. The molecule has 0 amide bonds. The molecule has 5 aromatic rings. The first kappa shape index (κ1) is 14.3. The van der Waals surface area contributed by atoms with Crippen molar-refractivity contribution in [1.29, 1.82) is 0 Å². The Morgan fingerprint density at radius 1 is 0.808 bits per heavy atom. The van der Waals surface area contributed by atoms with Crippen molar-refractivity contribution in [1.82, 2.24) is 0 Å². The van der Waals surface area contributed by atoms with Gasteiger partial charge in [-0.15, -0.1) is 0 Å². The third-order valence-corrected chi connectivity index (χ3v) is 5.94. The van der Waals surface area contributed by atoms with E-state index in [4.69, 9.17) is 4.42 Å². The van der Waals surface area contributed by atoms with Crippen LogP contribution in [-0.2, 0) is 6.42 Å². The molecule has 0 bridgehead atoms. The lowest BCUT2D eigenvalue weighted by molar-refractivity contribution is 0.0906. The Kier molecular flexibility index (Phi) is 2.45. The Hall–Kier alpha value is -2.87. The Balaban J connectivity index is 1.94. The first-order valence-electron chi connectivity index (χ1n) is 9.18. The molecule has 4 aromatic carbocycles. The predicted molar refractivity (Wildman–Crippen MR) is 106 cm³/mol. The molecule has 1 heterocycles. The lowest BCUT2D eigenvalue weighted by Crippen LogP contribution is -2.25. The van der Waals surface area contributed by atoms with Gasteiger partial charge in [-0.1, -0.05) is 62.4 Å². The largest absolute Gasteiger partial charge is 0.460 e. The van der Waals surface area contributed by atoms with Gasteiger partial charge < -0.3 is 4.42 Å². The van der Waals surface area contributed by atoms with Gasteiger partial charge in [0.05, 0.1) is 5.56 Å². The Bertz CT molecular complexity index is 1370. The van der Waals surface area contributed by atoms with Crippen LogP contribution in [0.25, 0.3) is 43.3 Å². The summed E-state index contributed by atoms with van der Waals surface area (Å²) >= 11 is 0. The fourth-order valence-corrected chi connectivity index (χ4v) is 4.92. The molecule has 1 aliphatic carbocycles. The van der Waals surface area contributed by atoms with Crippen LogP contribution in [-0.4, -0.2) is 5.78 Å². The summed E-state index contributed by atoms with van der Waals surface area (Å²) in [5.41, 5.74) is 1.64. The highest BCUT2D eigenvalue weighted by Crippen LogP contribution is 2.47. The molecular weight excluding hydrogens is 320 g/mol. The number of hydrogen-bond donors (Lipinski definition) is 0. The average Bonchev–Trinajstić information content (AvgIpc) is 2.99. The summed E-state index contributed by atoms with van der Waals surface area (Å²) in [6, 6.07) is 17.1. The molecule has 0 saturated carbocycles. The van der Waals surface area contributed by atoms with E-state index in [0.717, 1.165) is 39.5 Å². The van der Waals surface area contributed by atoms with Crippen LogP contribution in [0.2, 0.25) is 0 Å². The zero-order chi connectivity index (χ0) is 17.6. The first-order valence-corrected chi connectivity index (χ1v) is 9.18. The predicted octanol–water partition coefficient (Wildman–Crippen LogP) is 6.49. The van der Waals surface area contributed by atoms with Crippen molar-refractivity contribution in [2.24, 2.45) is 5.41 Å². The molecule has 0 aliphatic heterocycles. The summed E-state index contributed by atoms with van der Waals surface area (Å²) in [4.78, 5) is 13.0. The molecule has 2 heteroatoms. The van der Waals surface area contributed by atoms with Crippen LogP contribution < -0.4 is 0 Å². The van der Waals surface area contributed by atoms with Gasteiger partial charge in [0.15, 0.2) is 5.78 Å². The van der Waals surface area contributed by atoms with E-state index >= 15 is 0 Å². The molecule has 0 unspecified atom stereocenters. The highest BCUT2D eigenvalue weighted by Gasteiger charge is 2.36. The molecular formula is C24H18O2. The van der Waals surface area contributed by atoms with Gasteiger partial charge >= 0.3 is 0 Å². The van der Waals surface area contributed by atoms with Gasteiger partial charge in [0.2, 0.25) is 0 Å². The average molecular weight is 338 g/mol. The second kappa shape index (κ2) is 4.45. The number of carbonyl (C=O) groups is 1. The molecule has 0 atom stereocenters. The zero-order valence-corrected chi connectivity index (χ0v) is 14.8. The number of ketones is 1. The third-order valence-electron chi connectivity index (χ3n) is 5.94. The van der Waals surface area contributed by atoms with Crippen molar-refractivity contribution in [2.45, 2.75) is 26.7 Å². The minimum absolute atomic E-state index is 0.0462. The Morgan fingerprint density at radius 2 is 1.46 bits per heavy atom. The molecule has 1 aromatic heterocycles. The van der Waals surface area contributed by atoms with Crippen LogP contribution in [0, 0.1) is 5.41 Å². The molecule has 2 nitrogen and oxygen atoms in total. The molecule has 0 N–H and O–H groups in total. The normalized spacial score (nSPS) is 16.9. The second-order valence-electron chi connectivity index (χ2n) is 8.42. The van der Waals surface area contributed by atoms with Crippen LogP contribution in [0.4, 0.5) is 0 Å². The molecule has 0 spiro atoms. The molecule has 6 rings (SSSR count). The Morgan fingerprint density at radius 3 is 2.19 bits per heavy atom. The van der Waals surface area contributed by atoms with Gasteiger partial charge in [-0.25, -0.2) is 0 Å². The van der Waals surface area contributed by atoms with E-state index in [9.17, 15) is 4.79 Å². The van der Waals surface area contributed by atoms with Crippen LogP contribution in [0.3, 0.4) is 0 Å². The maximum absolute atomic E-state index is 13.0. The van der Waals surface area contributed by atoms with Crippen molar-refractivity contribution in [3.8, 4) is 0 Å². The second-order valence-corrected chi connectivity index (χ2v) is 8.42. The van der Waals surface area contributed by atoms with Gasteiger partial charge in [0, 0.05) is 29.0 Å². The number of rotatable bonds is 0. The number of Topliss-reactive ketones (excluding diaryl/α,β-unsaturated/α-hetero) is 1. The summed E-state index contributed by atoms with van der Waals surface area (Å²) in [5, 5.41) is 8.18. The SMILES string of the molecule is CC1(C)CC(=O)c2c(oc3c4cccc5ccc6cccc(c23)c6c54)C1. The first-order chi connectivity index (χ1) is 12.5. The van der Waals surface area contributed by atoms with Gasteiger partial charge in [-0.05, 0) is 27.0 Å². The number of benzene rings is 4. The smallest absolute Gasteiger partial charge is 0.167 e. The van der Waals surface area contributed by atoms with Crippen LogP contribution >= 0.6 is 0 Å². The molecule has 0 radical (unpaired) electrons. The van der Waals surface area contributed by atoms with E-state index in [1.165, 1.54) is 21.5 Å². The molecule has 26 heavy (non-hydrogen) atoms. The number of fused-ring (bicyclic) bond motifs is 5. The van der Waals surface area contributed by atoms with Gasteiger partial charge in [-0.3, -0.25) is 4.79 Å². The number of hydrogen-bond acceptors (Lipinski definition) is 2. The standard InChI is InChI=1S/C24H18O2/c1-24(2)11-17(25)22-18(12-24)26-23-16-8-4-6-14-10-9-13-5-3-7-15(21(22)23)19(13)20(14)16/h3-10H,11-12H2,1-2H3. The zero-order valence-electron chi connectivity index (χ0n) is 14.8. The van der Waals surface area contributed by atoms with Crippen LogP contribution in [0.1, 0.15) is 36.4 Å². The summed E-state index contributed by atoms with van der Waals surface area (Å²) in [7, 11) is 0. The number of carbonyl (C=O) groups excluding carboxylic acids is 1. The molecule has 0 fully saturated rings. The summed E-state index contributed by atoms with van der Waals surface area (Å²) in [6.07, 6.45) is 1.39. The van der Waals surface area contributed by atoms with E-state index in [1.807, 2.05) is 0 Å². The van der Waals surface area contributed by atoms with Crippen LogP contribution in [0.5, 0.6) is 0 Å². The van der Waals surface area contributed by atoms with Crippen molar-refractivity contribution < 1.29 is 9.21 Å². The lowest BCUT2D eigenvalue weighted by Gasteiger charge is -2.27. The third kappa shape index (κ3) is 1.65.